The lowest BCUT2D eigenvalue weighted by molar-refractivity contribution is -0.136. The fourth-order valence-corrected chi connectivity index (χ4v) is 2.66. The average molecular weight is 363 g/mol. The maximum Gasteiger partial charge on any atom is 0.313 e. The molecule has 27 heavy (non-hydrogen) atoms. The quantitative estimate of drug-likeness (QED) is 0.657. The van der Waals surface area contributed by atoms with Crippen molar-refractivity contribution in [2.24, 2.45) is 0 Å². The van der Waals surface area contributed by atoms with Crippen LogP contribution in [-0.4, -0.2) is 26.6 Å². The molecule has 0 atom stereocenters. The molecule has 0 radical (unpaired) electrons. The van der Waals surface area contributed by atoms with Crippen LogP contribution in [0.4, 0.5) is 5.69 Å². The van der Waals surface area contributed by atoms with E-state index in [2.05, 4.69) is 20.7 Å². The standard InChI is InChI=1S/C20H21N5O2/c1-2-17-5-3-4-6-18(17)24-20(27)19(26)22-11-15-7-9-16(10-8-15)12-25-14-21-13-23-25/h3-10,13-14H,2,11-12H2,1H3,(H,22,26)(H,24,27). The Labute approximate surface area is 157 Å². The number of aryl methyl sites for hydroxylation is 1. The maximum absolute atomic E-state index is 12.1. The van der Waals surface area contributed by atoms with Crippen LogP contribution in [0.15, 0.2) is 61.2 Å². The second-order valence-corrected chi connectivity index (χ2v) is 6.06. The van der Waals surface area contributed by atoms with Gasteiger partial charge in [-0.25, -0.2) is 9.67 Å². The number of benzene rings is 2. The number of rotatable bonds is 6. The van der Waals surface area contributed by atoms with Crippen LogP contribution in [0.5, 0.6) is 0 Å². The fraction of sp³-hybridized carbons (Fsp3) is 0.200. The van der Waals surface area contributed by atoms with E-state index in [-0.39, 0.29) is 6.54 Å². The van der Waals surface area contributed by atoms with Crippen LogP contribution in [0.1, 0.15) is 23.6 Å². The molecule has 2 N–H and O–H groups in total. The molecule has 2 amide bonds. The number of nitrogens with one attached hydrogen (secondary N) is 2. The largest absolute Gasteiger partial charge is 0.344 e. The highest BCUT2D eigenvalue weighted by atomic mass is 16.2. The Balaban J connectivity index is 1.51. The lowest BCUT2D eigenvalue weighted by atomic mass is 10.1. The molecule has 0 aliphatic heterocycles. The summed E-state index contributed by atoms with van der Waals surface area (Å²) in [5.74, 6) is -1.33. The number of hydrogen-bond donors (Lipinski definition) is 2. The molecule has 0 fully saturated rings. The molecule has 2 aromatic carbocycles. The van der Waals surface area contributed by atoms with Crippen molar-refractivity contribution in [3.8, 4) is 0 Å². The lowest BCUT2D eigenvalue weighted by Crippen LogP contribution is -2.35. The van der Waals surface area contributed by atoms with Crippen molar-refractivity contribution in [1.29, 1.82) is 0 Å². The van der Waals surface area contributed by atoms with E-state index < -0.39 is 11.8 Å². The summed E-state index contributed by atoms with van der Waals surface area (Å²) < 4.78 is 1.73. The number of hydrogen-bond acceptors (Lipinski definition) is 4. The van der Waals surface area contributed by atoms with Crippen LogP contribution in [0.2, 0.25) is 0 Å². The van der Waals surface area contributed by atoms with E-state index in [1.165, 1.54) is 6.33 Å². The Bertz CT molecular complexity index is 904. The van der Waals surface area contributed by atoms with Gasteiger partial charge in [-0.1, -0.05) is 49.4 Å². The Morgan fingerprint density at radius 2 is 1.74 bits per heavy atom. The van der Waals surface area contributed by atoms with Crippen LogP contribution in [0.25, 0.3) is 0 Å². The first kappa shape index (κ1) is 18.3. The molecule has 138 valence electrons. The van der Waals surface area contributed by atoms with Gasteiger partial charge in [-0.3, -0.25) is 9.59 Å². The van der Waals surface area contributed by atoms with Crippen molar-refractivity contribution in [3.05, 3.63) is 77.9 Å². The zero-order valence-corrected chi connectivity index (χ0v) is 15.1. The molecular weight excluding hydrogens is 342 g/mol. The van der Waals surface area contributed by atoms with Crippen LogP contribution < -0.4 is 10.6 Å². The molecule has 3 aromatic rings. The minimum atomic E-state index is -0.668. The van der Waals surface area contributed by atoms with Crippen LogP contribution in [0, 0.1) is 0 Å². The normalized spacial score (nSPS) is 10.4. The van der Waals surface area contributed by atoms with E-state index in [1.807, 2.05) is 49.4 Å². The van der Waals surface area contributed by atoms with E-state index in [1.54, 1.807) is 17.1 Å². The highest BCUT2D eigenvalue weighted by Crippen LogP contribution is 2.15. The topological polar surface area (TPSA) is 88.9 Å². The number of carbonyl (C=O) groups is 2. The van der Waals surface area contributed by atoms with Crippen molar-refractivity contribution in [1.82, 2.24) is 20.1 Å². The lowest BCUT2D eigenvalue weighted by Gasteiger charge is -2.10. The maximum atomic E-state index is 12.1. The number of nitrogens with zero attached hydrogens (tertiary/aromatic N) is 3. The molecule has 7 nitrogen and oxygen atoms in total. The third-order valence-electron chi connectivity index (χ3n) is 4.14. The van der Waals surface area contributed by atoms with E-state index in [0.717, 1.165) is 23.1 Å². The summed E-state index contributed by atoms with van der Waals surface area (Å²) >= 11 is 0. The first-order valence-electron chi connectivity index (χ1n) is 8.73. The number of amides is 2. The van der Waals surface area contributed by atoms with E-state index in [0.29, 0.717) is 12.2 Å². The SMILES string of the molecule is CCc1ccccc1NC(=O)C(=O)NCc1ccc(Cn2cncn2)cc1. The first-order valence-corrected chi connectivity index (χ1v) is 8.73. The smallest absolute Gasteiger partial charge is 0.313 e. The number of aromatic nitrogens is 3. The zero-order valence-electron chi connectivity index (χ0n) is 15.1. The number of carbonyl (C=O) groups excluding carboxylic acids is 2. The summed E-state index contributed by atoms with van der Waals surface area (Å²) in [5, 5.41) is 9.37. The minimum absolute atomic E-state index is 0.283. The van der Waals surface area contributed by atoms with E-state index >= 15 is 0 Å². The predicted octanol–water partition coefficient (Wildman–Crippen LogP) is 2.14. The second kappa shape index (κ2) is 8.75. The monoisotopic (exact) mass is 363 g/mol. The third-order valence-corrected chi connectivity index (χ3v) is 4.14. The molecule has 0 spiro atoms. The van der Waals surface area contributed by atoms with Gasteiger partial charge in [0.1, 0.15) is 12.7 Å². The molecule has 0 unspecified atom stereocenters. The zero-order chi connectivity index (χ0) is 19.1. The van der Waals surface area contributed by atoms with Crippen molar-refractivity contribution >= 4 is 17.5 Å². The highest BCUT2D eigenvalue weighted by molar-refractivity contribution is 6.39. The molecule has 0 aliphatic rings. The van der Waals surface area contributed by atoms with Crippen molar-refractivity contribution in [2.75, 3.05) is 5.32 Å². The Kier molecular flexibility index (Phi) is 5.94. The minimum Gasteiger partial charge on any atom is -0.344 e. The van der Waals surface area contributed by atoms with Gasteiger partial charge >= 0.3 is 11.8 Å². The molecule has 7 heteroatoms. The van der Waals surface area contributed by atoms with Gasteiger partial charge in [0.05, 0.1) is 6.54 Å². The third kappa shape index (κ3) is 5.01. The summed E-state index contributed by atoms with van der Waals surface area (Å²) in [6, 6.07) is 15.2. The molecule has 0 aliphatic carbocycles. The van der Waals surface area contributed by atoms with Gasteiger partial charge in [0.25, 0.3) is 0 Å². The van der Waals surface area contributed by atoms with Crippen molar-refractivity contribution < 1.29 is 9.59 Å². The van der Waals surface area contributed by atoms with Crippen molar-refractivity contribution in [2.45, 2.75) is 26.4 Å². The van der Waals surface area contributed by atoms with Crippen molar-refractivity contribution in [3.63, 3.8) is 0 Å². The molecule has 1 heterocycles. The molecule has 3 rings (SSSR count). The summed E-state index contributed by atoms with van der Waals surface area (Å²) in [5.41, 5.74) is 3.64. The van der Waals surface area contributed by atoms with Gasteiger partial charge < -0.3 is 10.6 Å². The fourth-order valence-electron chi connectivity index (χ4n) is 2.66. The second-order valence-electron chi connectivity index (χ2n) is 6.06. The van der Waals surface area contributed by atoms with Gasteiger partial charge in [-0.15, -0.1) is 0 Å². The number of anilines is 1. The number of para-hydroxylation sites is 1. The Morgan fingerprint density at radius 3 is 2.44 bits per heavy atom. The summed E-state index contributed by atoms with van der Waals surface area (Å²) in [6.07, 6.45) is 3.93. The van der Waals surface area contributed by atoms with E-state index in [9.17, 15) is 9.59 Å². The predicted molar refractivity (Wildman–Crippen MR) is 102 cm³/mol. The molecule has 0 saturated carbocycles. The van der Waals surface area contributed by atoms with Crippen LogP contribution in [-0.2, 0) is 29.1 Å². The Hall–Kier alpha value is -3.48. The average Bonchev–Trinajstić information content (AvgIpc) is 3.20. The molecule has 1 aromatic heterocycles. The molecule has 0 bridgehead atoms. The first-order chi connectivity index (χ1) is 13.2. The Morgan fingerprint density at radius 1 is 1.00 bits per heavy atom. The van der Waals surface area contributed by atoms with Gasteiger partial charge in [0, 0.05) is 12.2 Å². The summed E-state index contributed by atoms with van der Waals surface area (Å²) in [7, 11) is 0. The summed E-state index contributed by atoms with van der Waals surface area (Å²) in [6.45, 7) is 2.91. The van der Waals surface area contributed by atoms with E-state index in [4.69, 9.17) is 0 Å². The summed E-state index contributed by atoms with van der Waals surface area (Å²) in [4.78, 5) is 28.1. The molecule has 0 saturated heterocycles. The van der Waals surface area contributed by atoms with Crippen LogP contribution in [0.3, 0.4) is 0 Å². The van der Waals surface area contributed by atoms with Gasteiger partial charge in [0.2, 0.25) is 0 Å². The van der Waals surface area contributed by atoms with Gasteiger partial charge in [0.15, 0.2) is 0 Å². The highest BCUT2D eigenvalue weighted by Gasteiger charge is 2.14. The molecular formula is C20H21N5O2. The van der Waals surface area contributed by atoms with Crippen LogP contribution >= 0.6 is 0 Å². The van der Waals surface area contributed by atoms with Gasteiger partial charge in [-0.2, -0.15) is 5.10 Å². The van der Waals surface area contributed by atoms with Gasteiger partial charge in [-0.05, 0) is 29.2 Å².